The summed E-state index contributed by atoms with van der Waals surface area (Å²) in [6, 6.07) is 8.13. The molecule has 0 saturated carbocycles. The molecule has 0 aliphatic carbocycles. The first-order valence-electron chi connectivity index (χ1n) is 5.04. The molecule has 0 spiro atoms. The molecular formula is C12H6BrClFNO3. The van der Waals surface area contributed by atoms with Crippen LogP contribution in [0.3, 0.4) is 0 Å². The van der Waals surface area contributed by atoms with Crippen molar-refractivity contribution in [3.05, 3.63) is 61.8 Å². The van der Waals surface area contributed by atoms with E-state index < -0.39 is 10.7 Å². The van der Waals surface area contributed by atoms with Crippen LogP contribution in [0.5, 0.6) is 11.5 Å². The topological polar surface area (TPSA) is 52.4 Å². The Morgan fingerprint density at radius 1 is 1.26 bits per heavy atom. The highest BCUT2D eigenvalue weighted by atomic mass is 79.9. The second-order valence-electron chi connectivity index (χ2n) is 3.55. The Balaban J connectivity index is 2.37. The first kappa shape index (κ1) is 13.8. The van der Waals surface area contributed by atoms with Gasteiger partial charge in [-0.2, -0.15) is 0 Å². The van der Waals surface area contributed by atoms with E-state index in [0.717, 1.165) is 6.07 Å². The molecule has 0 N–H and O–H groups in total. The standard InChI is InChI=1S/C12H6BrClFNO3/c13-7-1-4-12(11(5-7)16(17)18)19-8-2-3-9(14)10(15)6-8/h1-6H. The summed E-state index contributed by atoms with van der Waals surface area (Å²) in [5.74, 6) is -0.499. The average Bonchev–Trinajstić information content (AvgIpc) is 2.36. The molecule has 0 unspecified atom stereocenters. The minimum Gasteiger partial charge on any atom is -0.450 e. The lowest BCUT2D eigenvalue weighted by Crippen LogP contribution is -1.93. The van der Waals surface area contributed by atoms with Crippen LogP contribution in [0.1, 0.15) is 0 Å². The van der Waals surface area contributed by atoms with Crippen molar-refractivity contribution >= 4 is 33.2 Å². The van der Waals surface area contributed by atoms with Gasteiger partial charge in [0, 0.05) is 16.6 Å². The third kappa shape index (κ3) is 3.21. The zero-order valence-corrected chi connectivity index (χ0v) is 11.6. The van der Waals surface area contributed by atoms with Crippen LogP contribution < -0.4 is 4.74 Å². The zero-order valence-electron chi connectivity index (χ0n) is 9.27. The molecule has 7 heteroatoms. The van der Waals surface area contributed by atoms with Crippen molar-refractivity contribution in [2.75, 3.05) is 0 Å². The van der Waals surface area contributed by atoms with E-state index in [1.165, 1.54) is 24.3 Å². The Kier molecular flexibility index (Phi) is 4.01. The van der Waals surface area contributed by atoms with Crippen LogP contribution in [0, 0.1) is 15.9 Å². The number of nitrogens with zero attached hydrogens (tertiary/aromatic N) is 1. The fraction of sp³-hybridized carbons (Fsp3) is 0. The number of rotatable bonds is 3. The van der Waals surface area contributed by atoms with Crippen LogP contribution in [-0.4, -0.2) is 4.92 Å². The van der Waals surface area contributed by atoms with Crippen molar-refractivity contribution in [1.29, 1.82) is 0 Å². The fourth-order valence-corrected chi connectivity index (χ4v) is 1.85. The van der Waals surface area contributed by atoms with Crippen LogP contribution in [-0.2, 0) is 0 Å². The van der Waals surface area contributed by atoms with Gasteiger partial charge in [0.05, 0.1) is 9.95 Å². The molecule has 98 valence electrons. The molecule has 0 fully saturated rings. The second-order valence-corrected chi connectivity index (χ2v) is 4.87. The maximum absolute atomic E-state index is 13.3. The van der Waals surface area contributed by atoms with E-state index in [9.17, 15) is 14.5 Å². The number of benzene rings is 2. The van der Waals surface area contributed by atoms with E-state index >= 15 is 0 Å². The summed E-state index contributed by atoms with van der Waals surface area (Å²) >= 11 is 8.67. The van der Waals surface area contributed by atoms with Gasteiger partial charge in [-0.3, -0.25) is 10.1 Å². The van der Waals surface area contributed by atoms with E-state index in [0.29, 0.717) is 4.47 Å². The zero-order chi connectivity index (χ0) is 14.0. The number of ether oxygens (including phenoxy) is 1. The number of nitro benzene ring substituents is 1. The average molecular weight is 347 g/mol. The lowest BCUT2D eigenvalue weighted by molar-refractivity contribution is -0.385. The van der Waals surface area contributed by atoms with Crippen molar-refractivity contribution < 1.29 is 14.1 Å². The van der Waals surface area contributed by atoms with Gasteiger partial charge in [-0.05, 0) is 24.3 Å². The largest absolute Gasteiger partial charge is 0.450 e. The predicted octanol–water partition coefficient (Wildman–Crippen LogP) is 4.94. The maximum atomic E-state index is 13.3. The Hall–Kier alpha value is -1.66. The molecule has 0 aliphatic heterocycles. The second kappa shape index (κ2) is 5.54. The van der Waals surface area contributed by atoms with Gasteiger partial charge in [0.15, 0.2) is 0 Å². The molecule has 19 heavy (non-hydrogen) atoms. The van der Waals surface area contributed by atoms with Gasteiger partial charge >= 0.3 is 5.69 Å². The van der Waals surface area contributed by atoms with Gasteiger partial charge in [0.2, 0.25) is 5.75 Å². The summed E-state index contributed by atoms with van der Waals surface area (Å²) in [6.07, 6.45) is 0. The molecule has 0 amide bonds. The monoisotopic (exact) mass is 345 g/mol. The summed E-state index contributed by atoms with van der Waals surface area (Å²) in [5, 5.41) is 10.9. The molecule has 0 radical (unpaired) electrons. The van der Waals surface area contributed by atoms with Gasteiger partial charge < -0.3 is 4.74 Å². The van der Waals surface area contributed by atoms with Gasteiger partial charge in [0.1, 0.15) is 11.6 Å². The highest BCUT2D eigenvalue weighted by Crippen LogP contribution is 2.34. The number of hydrogen-bond donors (Lipinski definition) is 0. The number of hydrogen-bond acceptors (Lipinski definition) is 3. The van der Waals surface area contributed by atoms with E-state index in [4.69, 9.17) is 16.3 Å². The predicted molar refractivity (Wildman–Crippen MR) is 72.3 cm³/mol. The van der Waals surface area contributed by atoms with Crippen LogP contribution in [0.15, 0.2) is 40.9 Å². The van der Waals surface area contributed by atoms with Crippen LogP contribution in [0.25, 0.3) is 0 Å². The minimum atomic E-state index is -0.654. The fourth-order valence-electron chi connectivity index (χ4n) is 1.39. The van der Waals surface area contributed by atoms with Crippen LogP contribution >= 0.6 is 27.5 Å². The quantitative estimate of drug-likeness (QED) is 0.584. The molecule has 0 atom stereocenters. The van der Waals surface area contributed by atoms with E-state index in [1.807, 2.05) is 0 Å². The maximum Gasteiger partial charge on any atom is 0.312 e. The molecule has 2 rings (SSSR count). The molecule has 0 heterocycles. The molecule has 0 bridgehead atoms. The first-order chi connectivity index (χ1) is 8.97. The smallest absolute Gasteiger partial charge is 0.312 e. The Morgan fingerprint density at radius 3 is 2.63 bits per heavy atom. The van der Waals surface area contributed by atoms with Gasteiger partial charge in [-0.15, -0.1) is 0 Å². The molecule has 0 aliphatic rings. The van der Waals surface area contributed by atoms with E-state index in [1.54, 1.807) is 6.07 Å². The summed E-state index contributed by atoms with van der Waals surface area (Å²) in [5.41, 5.74) is -0.218. The van der Waals surface area contributed by atoms with E-state index in [2.05, 4.69) is 15.9 Å². The van der Waals surface area contributed by atoms with Crippen LogP contribution in [0.2, 0.25) is 5.02 Å². The minimum absolute atomic E-state index is 0.0231. The third-order valence-corrected chi connectivity index (χ3v) is 3.04. The normalized spacial score (nSPS) is 10.3. The first-order valence-corrected chi connectivity index (χ1v) is 6.21. The Labute approximate surface area is 121 Å². The van der Waals surface area contributed by atoms with Crippen molar-refractivity contribution in [1.82, 2.24) is 0 Å². The molecule has 0 aromatic heterocycles. The molecule has 0 saturated heterocycles. The highest BCUT2D eigenvalue weighted by Gasteiger charge is 2.16. The number of nitro groups is 1. The summed E-state index contributed by atoms with van der Waals surface area (Å²) in [7, 11) is 0. The van der Waals surface area contributed by atoms with Crippen molar-refractivity contribution in [2.24, 2.45) is 0 Å². The van der Waals surface area contributed by atoms with Crippen molar-refractivity contribution in [2.45, 2.75) is 0 Å². The third-order valence-electron chi connectivity index (χ3n) is 2.24. The SMILES string of the molecule is O=[N+]([O-])c1cc(Br)ccc1Oc1ccc(Cl)c(F)c1. The lowest BCUT2D eigenvalue weighted by Gasteiger charge is -2.07. The Bertz CT molecular complexity index is 651. The van der Waals surface area contributed by atoms with Gasteiger partial charge in [-0.25, -0.2) is 4.39 Å². The highest BCUT2D eigenvalue weighted by molar-refractivity contribution is 9.10. The summed E-state index contributed by atoms with van der Waals surface area (Å²) < 4.78 is 19.1. The van der Waals surface area contributed by atoms with Crippen molar-refractivity contribution in [3.63, 3.8) is 0 Å². The van der Waals surface area contributed by atoms with E-state index in [-0.39, 0.29) is 22.2 Å². The lowest BCUT2D eigenvalue weighted by atomic mass is 10.3. The summed E-state index contributed by atoms with van der Waals surface area (Å²) in [4.78, 5) is 10.3. The molecule has 4 nitrogen and oxygen atoms in total. The van der Waals surface area contributed by atoms with Gasteiger partial charge in [0.25, 0.3) is 0 Å². The Morgan fingerprint density at radius 2 is 2.00 bits per heavy atom. The molecular weight excluding hydrogens is 340 g/mol. The van der Waals surface area contributed by atoms with Crippen molar-refractivity contribution in [3.8, 4) is 11.5 Å². The van der Waals surface area contributed by atoms with Crippen LogP contribution in [0.4, 0.5) is 10.1 Å². The molecule has 2 aromatic carbocycles. The summed E-state index contributed by atoms with van der Waals surface area (Å²) in [6.45, 7) is 0. The van der Waals surface area contributed by atoms with Gasteiger partial charge in [-0.1, -0.05) is 27.5 Å². The number of halogens is 3. The molecule has 2 aromatic rings.